The Morgan fingerprint density at radius 2 is 1.80 bits per heavy atom. The van der Waals surface area contributed by atoms with Crippen LogP contribution < -0.4 is 10.9 Å². The summed E-state index contributed by atoms with van der Waals surface area (Å²) in [5.41, 5.74) is 8.64. The number of anilines is 1. The molecule has 0 spiro atoms. The van der Waals surface area contributed by atoms with Gasteiger partial charge in [-0.05, 0) is 24.3 Å². The third-order valence-corrected chi connectivity index (χ3v) is 2.69. The zero-order chi connectivity index (χ0) is 13.6. The third-order valence-electron chi connectivity index (χ3n) is 2.69. The van der Waals surface area contributed by atoms with Crippen LogP contribution in [0.4, 0.5) is 11.4 Å². The lowest BCUT2D eigenvalue weighted by atomic mass is 10.3. The van der Waals surface area contributed by atoms with E-state index in [1.165, 1.54) is 0 Å². The quantitative estimate of drug-likeness (QED) is 0.651. The number of aliphatic imine (C=N–C) groups is 1. The molecule has 1 aliphatic rings. The molecule has 0 fully saturated rings. The molecule has 0 unspecified atom stereocenters. The van der Waals surface area contributed by atoms with E-state index >= 15 is 0 Å². The fraction of sp³-hybridized carbons (Fsp3) is 0. The third kappa shape index (κ3) is 2.69. The average Bonchev–Trinajstić information content (AvgIpc) is 2.56. The molecule has 0 bridgehead atoms. The summed E-state index contributed by atoms with van der Waals surface area (Å²) in [6.07, 6.45) is 6.71. The molecule has 0 saturated heterocycles. The second-order valence-corrected chi connectivity index (χ2v) is 4.01. The van der Waals surface area contributed by atoms with E-state index in [9.17, 15) is 0 Å². The van der Waals surface area contributed by atoms with Gasteiger partial charge in [0.05, 0.1) is 29.3 Å². The van der Waals surface area contributed by atoms with Crippen molar-refractivity contribution in [2.45, 2.75) is 0 Å². The lowest BCUT2D eigenvalue weighted by Gasteiger charge is -2.11. The molecule has 20 heavy (non-hydrogen) atoms. The highest BCUT2D eigenvalue weighted by Crippen LogP contribution is 2.23. The molecular weight excluding hydrogens is 252 g/mol. The van der Waals surface area contributed by atoms with Crippen molar-refractivity contribution in [2.75, 3.05) is 5.43 Å². The fourth-order valence-electron chi connectivity index (χ4n) is 1.73. The summed E-state index contributed by atoms with van der Waals surface area (Å²) >= 11 is 0. The van der Waals surface area contributed by atoms with E-state index in [4.69, 9.17) is 0 Å². The SMILES string of the molecule is C1=Nc2ccccc2NN1.c1cnc2cnncc2c1. The van der Waals surface area contributed by atoms with Gasteiger partial charge in [-0.3, -0.25) is 15.8 Å². The number of aromatic nitrogens is 3. The molecule has 98 valence electrons. The molecule has 0 saturated carbocycles. The van der Waals surface area contributed by atoms with Crippen LogP contribution in [0.2, 0.25) is 0 Å². The van der Waals surface area contributed by atoms with Gasteiger partial charge in [0.25, 0.3) is 0 Å². The van der Waals surface area contributed by atoms with Gasteiger partial charge in [-0.25, -0.2) is 4.99 Å². The minimum atomic E-state index is 0.887. The molecule has 2 N–H and O–H groups in total. The zero-order valence-electron chi connectivity index (χ0n) is 10.6. The first kappa shape index (κ1) is 12.0. The Hall–Kier alpha value is -3.02. The largest absolute Gasteiger partial charge is 0.298 e. The minimum Gasteiger partial charge on any atom is -0.298 e. The van der Waals surface area contributed by atoms with Crippen LogP contribution in [0.5, 0.6) is 0 Å². The van der Waals surface area contributed by atoms with Gasteiger partial charge in [-0.15, -0.1) is 0 Å². The summed E-state index contributed by atoms with van der Waals surface area (Å²) in [5, 5.41) is 8.45. The summed E-state index contributed by atoms with van der Waals surface area (Å²) in [4.78, 5) is 8.17. The van der Waals surface area contributed by atoms with Crippen molar-refractivity contribution >= 4 is 28.6 Å². The molecule has 2 aromatic heterocycles. The highest BCUT2D eigenvalue weighted by Gasteiger charge is 1.99. The van der Waals surface area contributed by atoms with Gasteiger partial charge in [-0.2, -0.15) is 10.2 Å². The summed E-state index contributed by atoms with van der Waals surface area (Å²) in [6, 6.07) is 11.7. The number of nitrogens with one attached hydrogen (secondary N) is 2. The van der Waals surface area contributed by atoms with Crippen LogP contribution in [0.1, 0.15) is 0 Å². The van der Waals surface area contributed by atoms with Gasteiger partial charge in [0.2, 0.25) is 0 Å². The van der Waals surface area contributed by atoms with Crippen molar-refractivity contribution < 1.29 is 0 Å². The number of pyridine rings is 1. The molecule has 0 amide bonds. The van der Waals surface area contributed by atoms with Gasteiger partial charge in [0.15, 0.2) is 0 Å². The molecule has 0 radical (unpaired) electrons. The molecule has 0 atom stereocenters. The van der Waals surface area contributed by atoms with Crippen molar-refractivity contribution in [3.63, 3.8) is 0 Å². The highest BCUT2D eigenvalue weighted by molar-refractivity contribution is 5.76. The Balaban J connectivity index is 0.000000121. The van der Waals surface area contributed by atoms with Crippen LogP contribution in [0.15, 0.2) is 60.0 Å². The molecule has 6 nitrogen and oxygen atoms in total. The smallest absolute Gasteiger partial charge is 0.107 e. The number of hydrogen-bond acceptors (Lipinski definition) is 6. The normalized spacial score (nSPS) is 11.6. The maximum absolute atomic E-state index is 4.09. The minimum absolute atomic E-state index is 0.887. The van der Waals surface area contributed by atoms with Gasteiger partial charge < -0.3 is 0 Å². The molecule has 4 rings (SSSR count). The van der Waals surface area contributed by atoms with Gasteiger partial charge in [0.1, 0.15) is 6.34 Å². The molecule has 3 aromatic rings. The summed E-state index contributed by atoms with van der Waals surface area (Å²) < 4.78 is 0. The number of rotatable bonds is 0. The molecular formula is C14H12N6. The topological polar surface area (TPSA) is 75.1 Å². The molecule has 6 heteroatoms. The van der Waals surface area contributed by atoms with E-state index in [1.54, 1.807) is 24.9 Å². The fourth-order valence-corrected chi connectivity index (χ4v) is 1.73. The first-order valence-electron chi connectivity index (χ1n) is 6.08. The maximum Gasteiger partial charge on any atom is 0.107 e. The number of benzene rings is 1. The number of hydrogen-bond donors (Lipinski definition) is 2. The Labute approximate surface area is 115 Å². The van der Waals surface area contributed by atoms with Crippen LogP contribution in [-0.2, 0) is 0 Å². The number of hydrazine groups is 1. The van der Waals surface area contributed by atoms with Crippen LogP contribution in [0, 0.1) is 0 Å². The lowest BCUT2D eigenvalue weighted by Crippen LogP contribution is -2.21. The number of para-hydroxylation sites is 2. The monoisotopic (exact) mass is 264 g/mol. The van der Waals surface area contributed by atoms with Crippen molar-refractivity contribution in [2.24, 2.45) is 4.99 Å². The van der Waals surface area contributed by atoms with Crippen molar-refractivity contribution in [3.8, 4) is 0 Å². The molecule has 0 aliphatic carbocycles. The Morgan fingerprint density at radius 1 is 0.900 bits per heavy atom. The molecule has 1 aromatic carbocycles. The van der Waals surface area contributed by atoms with Crippen molar-refractivity contribution in [1.29, 1.82) is 0 Å². The maximum atomic E-state index is 4.09. The Kier molecular flexibility index (Phi) is 3.46. The highest BCUT2D eigenvalue weighted by atomic mass is 15.4. The summed E-state index contributed by atoms with van der Waals surface area (Å²) in [7, 11) is 0. The standard InChI is InChI=1S/C7H5N3.C7H7N3/c1-2-6-4-9-10-5-7(6)8-3-1;1-2-4-7-6(3-1)8-5-9-10-7/h1-5H;1-5,10H,(H,8,9). The zero-order valence-corrected chi connectivity index (χ0v) is 10.6. The second-order valence-electron chi connectivity index (χ2n) is 4.01. The number of nitrogens with zero attached hydrogens (tertiary/aromatic N) is 4. The summed E-state index contributed by atoms with van der Waals surface area (Å²) in [6.45, 7) is 0. The molecule has 1 aliphatic heterocycles. The van der Waals surface area contributed by atoms with Crippen LogP contribution >= 0.6 is 0 Å². The van der Waals surface area contributed by atoms with E-state index in [0.717, 1.165) is 22.3 Å². The Bertz CT molecular complexity index is 675. The van der Waals surface area contributed by atoms with Crippen molar-refractivity contribution in [3.05, 3.63) is 55.0 Å². The van der Waals surface area contributed by atoms with Gasteiger partial charge >= 0.3 is 0 Å². The predicted molar refractivity (Wildman–Crippen MR) is 78.7 cm³/mol. The van der Waals surface area contributed by atoms with Crippen LogP contribution in [-0.4, -0.2) is 21.5 Å². The van der Waals surface area contributed by atoms with Crippen LogP contribution in [0.25, 0.3) is 10.9 Å². The lowest BCUT2D eigenvalue weighted by molar-refractivity contribution is 1.04. The number of fused-ring (bicyclic) bond motifs is 2. The van der Waals surface area contributed by atoms with E-state index in [2.05, 4.69) is 31.0 Å². The molecule has 3 heterocycles. The van der Waals surface area contributed by atoms with Crippen LogP contribution in [0.3, 0.4) is 0 Å². The predicted octanol–water partition coefficient (Wildman–Crippen LogP) is 2.30. The van der Waals surface area contributed by atoms with E-state index < -0.39 is 0 Å². The van der Waals surface area contributed by atoms with E-state index in [-0.39, 0.29) is 0 Å². The first-order valence-corrected chi connectivity index (χ1v) is 6.08. The van der Waals surface area contributed by atoms with Gasteiger partial charge in [0, 0.05) is 11.6 Å². The Morgan fingerprint density at radius 3 is 2.70 bits per heavy atom. The summed E-state index contributed by atoms with van der Waals surface area (Å²) in [5.74, 6) is 0. The van der Waals surface area contributed by atoms with Gasteiger partial charge in [-0.1, -0.05) is 12.1 Å². The van der Waals surface area contributed by atoms with Crippen molar-refractivity contribution in [1.82, 2.24) is 20.6 Å². The first-order chi connectivity index (χ1) is 9.93. The van der Waals surface area contributed by atoms with E-state index in [0.29, 0.717) is 0 Å². The average molecular weight is 264 g/mol. The van der Waals surface area contributed by atoms with E-state index in [1.807, 2.05) is 36.4 Å². The second kappa shape index (κ2) is 5.75.